The van der Waals surface area contributed by atoms with Gasteiger partial charge in [-0.25, -0.2) is 4.39 Å². The van der Waals surface area contributed by atoms with Crippen molar-refractivity contribution in [1.29, 1.82) is 0 Å². The van der Waals surface area contributed by atoms with Crippen molar-refractivity contribution >= 4 is 11.6 Å². The van der Waals surface area contributed by atoms with Gasteiger partial charge in [0.05, 0.1) is 0 Å². The fraction of sp³-hybridized carbons (Fsp3) is 0.0952. The number of anilines is 1. The maximum Gasteiger partial charge on any atom is 0.255 e. The molecule has 0 aliphatic rings. The van der Waals surface area contributed by atoms with Crippen LogP contribution in [-0.2, 0) is 6.61 Å². The SMILES string of the molecule is Cc1ccc(OCc2ccc(C(=O)Nc3ccc(F)cc3)cc2)cc1. The Labute approximate surface area is 146 Å². The molecular weight excluding hydrogens is 317 g/mol. The summed E-state index contributed by atoms with van der Waals surface area (Å²) >= 11 is 0. The highest BCUT2D eigenvalue weighted by molar-refractivity contribution is 6.04. The summed E-state index contributed by atoms with van der Waals surface area (Å²) in [7, 11) is 0. The van der Waals surface area contributed by atoms with E-state index in [4.69, 9.17) is 4.74 Å². The van der Waals surface area contributed by atoms with Crippen LogP contribution in [0.4, 0.5) is 10.1 Å². The molecule has 0 atom stereocenters. The minimum absolute atomic E-state index is 0.238. The van der Waals surface area contributed by atoms with Gasteiger partial charge in [0.1, 0.15) is 18.2 Å². The number of nitrogens with one attached hydrogen (secondary N) is 1. The van der Waals surface area contributed by atoms with E-state index in [0.29, 0.717) is 17.9 Å². The molecular formula is C21H18FNO2. The normalized spacial score (nSPS) is 10.3. The van der Waals surface area contributed by atoms with Crippen LogP contribution in [0.15, 0.2) is 72.8 Å². The molecule has 126 valence electrons. The first-order valence-corrected chi connectivity index (χ1v) is 7.95. The van der Waals surface area contributed by atoms with Gasteiger partial charge in [0.25, 0.3) is 5.91 Å². The third-order valence-corrected chi connectivity index (χ3v) is 3.74. The molecule has 0 heterocycles. The minimum Gasteiger partial charge on any atom is -0.489 e. The van der Waals surface area contributed by atoms with Crippen molar-refractivity contribution in [3.8, 4) is 5.75 Å². The van der Waals surface area contributed by atoms with E-state index in [1.165, 1.54) is 29.8 Å². The zero-order chi connectivity index (χ0) is 17.6. The highest BCUT2D eigenvalue weighted by Gasteiger charge is 2.06. The molecule has 3 aromatic carbocycles. The van der Waals surface area contributed by atoms with E-state index in [1.807, 2.05) is 43.3 Å². The molecule has 0 saturated heterocycles. The number of hydrogen-bond acceptors (Lipinski definition) is 2. The summed E-state index contributed by atoms with van der Waals surface area (Å²) in [6, 6.07) is 20.7. The summed E-state index contributed by atoms with van der Waals surface area (Å²) in [4.78, 5) is 12.2. The summed E-state index contributed by atoms with van der Waals surface area (Å²) in [6.45, 7) is 2.46. The Morgan fingerprint density at radius 3 is 2.20 bits per heavy atom. The molecule has 0 aliphatic heterocycles. The molecule has 0 saturated carbocycles. The Hall–Kier alpha value is -3.14. The highest BCUT2D eigenvalue weighted by Crippen LogP contribution is 2.15. The second-order valence-corrected chi connectivity index (χ2v) is 5.76. The number of halogens is 1. The lowest BCUT2D eigenvalue weighted by Crippen LogP contribution is -2.11. The largest absolute Gasteiger partial charge is 0.489 e. The maximum absolute atomic E-state index is 12.9. The fourth-order valence-electron chi connectivity index (χ4n) is 2.29. The van der Waals surface area contributed by atoms with Crippen molar-refractivity contribution in [1.82, 2.24) is 0 Å². The average Bonchev–Trinajstić information content (AvgIpc) is 2.63. The number of carbonyl (C=O) groups is 1. The van der Waals surface area contributed by atoms with E-state index in [-0.39, 0.29) is 11.7 Å². The van der Waals surface area contributed by atoms with Gasteiger partial charge in [-0.2, -0.15) is 0 Å². The number of ether oxygens (including phenoxy) is 1. The predicted octanol–water partition coefficient (Wildman–Crippen LogP) is 4.97. The lowest BCUT2D eigenvalue weighted by molar-refractivity contribution is 0.102. The van der Waals surface area contributed by atoms with Crippen LogP contribution in [-0.4, -0.2) is 5.91 Å². The minimum atomic E-state index is -0.337. The lowest BCUT2D eigenvalue weighted by atomic mass is 10.1. The van der Waals surface area contributed by atoms with Gasteiger partial charge in [0.15, 0.2) is 0 Å². The Morgan fingerprint density at radius 2 is 1.56 bits per heavy atom. The van der Waals surface area contributed by atoms with E-state index < -0.39 is 0 Å². The first kappa shape index (κ1) is 16.7. The second-order valence-electron chi connectivity index (χ2n) is 5.76. The maximum atomic E-state index is 12.9. The highest BCUT2D eigenvalue weighted by atomic mass is 19.1. The van der Waals surface area contributed by atoms with Gasteiger partial charge in [-0.15, -0.1) is 0 Å². The molecule has 3 rings (SSSR count). The molecule has 0 aliphatic carbocycles. The van der Waals surface area contributed by atoms with Crippen molar-refractivity contribution < 1.29 is 13.9 Å². The predicted molar refractivity (Wildman–Crippen MR) is 96.3 cm³/mol. The van der Waals surface area contributed by atoms with Crippen LogP contribution in [0.5, 0.6) is 5.75 Å². The van der Waals surface area contributed by atoms with Crippen LogP contribution >= 0.6 is 0 Å². The van der Waals surface area contributed by atoms with Gasteiger partial charge >= 0.3 is 0 Å². The second kappa shape index (κ2) is 7.62. The first-order chi connectivity index (χ1) is 12.1. The van der Waals surface area contributed by atoms with Gasteiger partial charge in [0.2, 0.25) is 0 Å². The number of benzene rings is 3. The third kappa shape index (κ3) is 4.67. The van der Waals surface area contributed by atoms with Crippen molar-refractivity contribution in [2.75, 3.05) is 5.32 Å². The average molecular weight is 335 g/mol. The number of carbonyl (C=O) groups excluding carboxylic acids is 1. The van der Waals surface area contributed by atoms with Crippen LogP contribution < -0.4 is 10.1 Å². The topological polar surface area (TPSA) is 38.3 Å². The number of rotatable bonds is 5. The Kier molecular flexibility index (Phi) is 5.09. The molecule has 25 heavy (non-hydrogen) atoms. The molecule has 3 aromatic rings. The van der Waals surface area contributed by atoms with Gasteiger partial charge in [0, 0.05) is 11.3 Å². The molecule has 0 spiro atoms. The third-order valence-electron chi connectivity index (χ3n) is 3.74. The fourth-order valence-corrected chi connectivity index (χ4v) is 2.29. The number of amides is 1. The van der Waals surface area contributed by atoms with E-state index in [0.717, 1.165) is 11.3 Å². The van der Waals surface area contributed by atoms with Crippen molar-refractivity contribution in [3.63, 3.8) is 0 Å². The summed E-state index contributed by atoms with van der Waals surface area (Å²) in [5, 5.41) is 2.73. The number of hydrogen-bond donors (Lipinski definition) is 1. The molecule has 0 bridgehead atoms. The molecule has 3 nitrogen and oxygen atoms in total. The van der Waals surface area contributed by atoms with E-state index in [1.54, 1.807) is 12.1 Å². The standard InChI is InChI=1S/C21H18FNO2/c1-15-2-12-20(13-3-15)25-14-16-4-6-17(7-5-16)21(24)23-19-10-8-18(22)9-11-19/h2-13H,14H2,1H3,(H,23,24). The number of aryl methyl sites for hydroxylation is 1. The van der Waals surface area contributed by atoms with Crippen LogP contribution in [0.2, 0.25) is 0 Å². The Balaban J connectivity index is 1.58. The summed E-state index contributed by atoms with van der Waals surface area (Å²) in [6.07, 6.45) is 0. The van der Waals surface area contributed by atoms with Crippen LogP contribution in [0.3, 0.4) is 0 Å². The van der Waals surface area contributed by atoms with Crippen LogP contribution in [0, 0.1) is 12.7 Å². The molecule has 0 aromatic heterocycles. The summed E-state index contributed by atoms with van der Waals surface area (Å²) in [5.74, 6) is 0.234. The van der Waals surface area contributed by atoms with Gasteiger partial charge in [-0.1, -0.05) is 29.8 Å². The molecule has 1 amide bonds. The van der Waals surface area contributed by atoms with Crippen molar-refractivity contribution in [2.24, 2.45) is 0 Å². The quantitative estimate of drug-likeness (QED) is 0.715. The molecule has 0 fully saturated rings. The van der Waals surface area contributed by atoms with E-state index in [2.05, 4.69) is 5.32 Å². The van der Waals surface area contributed by atoms with E-state index in [9.17, 15) is 9.18 Å². The zero-order valence-electron chi connectivity index (χ0n) is 13.8. The zero-order valence-corrected chi connectivity index (χ0v) is 13.8. The van der Waals surface area contributed by atoms with Gasteiger partial charge in [-0.05, 0) is 61.0 Å². The molecule has 1 N–H and O–H groups in total. The van der Waals surface area contributed by atoms with Gasteiger partial charge < -0.3 is 10.1 Å². The van der Waals surface area contributed by atoms with Crippen LogP contribution in [0.25, 0.3) is 0 Å². The summed E-state index contributed by atoms with van der Waals surface area (Å²) in [5.41, 5.74) is 3.24. The Bertz CT molecular complexity index is 841. The lowest BCUT2D eigenvalue weighted by Gasteiger charge is -2.08. The van der Waals surface area contributed by atoms with E-state index >= 15 is 0 Å². The summed E-state index contributed by atoms with van der Waals surface area (Å²) < 4.78 is 18.6. The van der Waals surface area contributed by atoms with Crippen molar-refractivity contribution in [3.05, 3.63) is 95.3 Å². The Morgan fingerprint density at radius 1 is 0.920 bits per heavy atom. The van der Waals surface area contributed by atoms with Gasteiger partial charge in [-0.3, -0.25) is 4.79 Å². The monoisotopic (exact) mass is 335 g/mol. The molecule has 4 heteroatoms. The smallest absolute Gasteiger partial charge is 0.255 e. The van der Waals surface area contributed by atoms with Crippen molar-refractivity contribution in [2.45, 2.75) is 13.5 Å². The van der Waals surface area contributed by atoms with Crippen LogP contribution in [0.1, 0.15) is 21.5 Å². The molecule has 0 radical (unpaired) electrons. The molecule has 0 unspecified atom stereocenters. The first-order valence-electron chi connectivity index (χ1n) is 7.95.